The Balaban J connectivity index is 0.921. The van der Waals surface area contributed by atoms with Gasteiger partial charge >= 0.3 is 0 Å². The van der Waals surface area contributed by atoms with Crippen molar-refractivity contribution >= 4 is 33.4 Å². The molecule has 0 spiro atoms. The smallest absolute Gasteiger partial charge is 0.262 e. The molecule has 206 valence electrons. The largest absolute Gasteiger partial charge is 0.454 e. The van der Waals surface area contributed by atoms with Crippen LogP contribution in [-0.4, -0.2) is 70.7 Å². The summed E-state index contributed by atoms with van der Waals surface area (Å²) in [7, 11) is 0. The summed E-state index contributed by atoms with van der Waals surface area (Å²) in [6, 6.07) is 6.02. The zero-order chi connectivity index (χ0) is 26.8. The lowest BCUT2D eigenvalue weighted by Crippen LogP contribution is -2.48. The number of carbonyl (C=O) groups is 2. The Labute approximate surface area is 230 Å². The molecule has 4 heterocycles. The van der Waals surface area contributed by atoms with Crippen molar-refractivity contribution in [2.24, 2.45) is 0 Å². The third-order valence-electron chi connectivity index (χ3n) is 7.71. The van der Waals surface area contributed by atoms with Crippen LogP contribution in [0.15, 0.2) is 29.3 Å². The molecular formula is C28H33N5O5S. The van der Waals surface area contributed by atoms with Crippen molar-refractivity contribution in [3.8, 4) is 11.5 Å². The molecule has 3 aromatic rings. The molecule has 0 bridgehead atoms. The van der Waals surface area contributed by atoms with Gasteiger partial charge in [0.2, 0.25) is 18.6 Å². The van der Waals surface area contributed by atoms with Crippen LogP contribution in [0.25, 0.3) is 10.2 Å². The molecule has 1 saturated heterocycles. The van der Waals surface area contributed by atoms with E-state index in [0.29, 0.717) is 37.9 Å². The number of nitrogens with one attached hydrogen (secondary N) is 1. The quantitative estimate of drug-likeness (QED) is 0.428. The van der Waals surface area contributed by atoms with Crippen LogP contribution in [0.3, 0.4) is 0 Å². The fraction of sp³-hybridized carbons (Fsp3) is 0.500. The molecule has 0 radical (unpaired) electrons. The summed E-state index contributed by atoms with van der Waals surface area (Å²) in [5.74, 6) is 1.44. The van der Waals surface area contributed by atoms with Crippen LogP contribution in [-0.2, 0) is 35.5 Å². The number of hydrogen-bond acceptors (Lipinski definition) is 8. The van der Waals surface area contributed by atoms with Crippen molar-refractivity contribution in [1.29, 1.82) is 0 Å². The molecule has 2 aromatic heterocycles. The maximum absolute atomic E-state index is 13.0. The lowest BCUT2D eigenvalue weighted by molar-refractivity contribution is -0.133. The van der Waals surface area contributed by atoms with E-state index in [1.165, 1.54) is 21.3 Å². The van der Waals surface area contributed by atoms with Gasteiger partial charge in [-0.05, 0) is 55.4 Å². The van der Waals surface area contributed by atoms with Crippen molar-refractivity contribution in [3.05, 3.63) is 50.9 Å². The molecule has 1 N–H and O–H groups in total. The Kier molecular flexibility index (Phi) is 7.51. The SMILES string of the molecule is O=C(Cn1cnc2sc3c(c2c1=O)CCCC3)NCCCC(=O)N1CCN(Cc2ccc3c(c2)OCO3)CC1. The Morgan fingerprint density at radius 1 is 1.05 bits per heavy atom. The molecule has 6 rings (SSSR count). The topological polar surface area (TPSA) is 106 Å². The highest BCUT2D eigenvalue weighted by atomic mass is 32.1. The fourth-order valence-corrected chi connectivity index (χ4v) is 6.80. The average Bonchev–Trinajstić information content (AvgIpc) is 3.57. The lowest BCUT2D eigenvalue weighted by atomic mass is 9.97. The minimum absolute atomic E-state index is 0.0638. The van der Waals surface area contributed by atoms with Gasteiger partial charge in [0.1, 0.15) is 11.4 Å². The second-order valence-corrected chi connectivity index (χ2v) is 11.5. The van der Waals surface area contributed by atoms with E-state index in [-0.39, 0.29) is 30.7 Å². The first-order chi connectivity index (χ1) is 19.0. The first-order valence-electron chi connectivity index (χ1n) is 13.7. The average molecular weight is 552 g/mol. The van der Waals surface area contributed by atoms with E-state index < -0.39 is 0 Å². The molecule has 1 aromatic carbocycles. The van der Waals surface area contributed by atoms with E-state index in [4.69, 9.17) is 9.47 Å². The van der Waals surface area contributed by atoms with Crippen molar-refractivity contribution in [2.75, 3.05) is 39.5 Å². The number of rotatable bonds is 8. The number of aromatic nitrogens is 2. The number of nitrogens with zero attached hydrogens (tertiary/aromatic N) is 4. The molecule has 0 unspecified atom stereocenters. The van der Waals surface area contributed by atoms with Gasteiger partial charge in [-0.25, -0.2) is 4.98 Å². The van der Waals surface area contributed by atoms with Gasteiger partial charge in [-0.3, -0.25) is 23.9 Å². The maximum Gasteiger partial charge on any atom is 0.262 e. The van der Waals surface area contributed by atoms with Crippen molar-refractivity contribution in [1.82, 2.24) is 24.7 Å². The maximum atomic E-state index is 13.0. The molecule has 1 fully saturated rings. The van der Waals surface area contributed by atoms with Gasteiger partial charge in [0.15, 0.2) is 11.5 Å². The highest BCUT2D eigenvalue weighted by Crippen LogP contribution is 2.34. The number of piperazine rings is 1. The zero-order valence-corrected chi connectivity index (χ0v) is 22.8. The minimum Gasteiger partial charge on any atom is -0.454 e. The molecule has 2 aliphatic heterocycles. The van der Waals surface area contributed by atoms with Gasteiger partial charge in [-0.1, -0.05) is 6.07 Å². The number of amides is 2. The third-order valence-corrected chi connectivity index (χ3v) is 8.91. The molecule has 11 heteroatoms. The number of ether oxygens (including phenoxy) is 2. The van der Waals surface area contributed by atoms with Gasteiger partial charge < -0.3 is 19.7 Å². The second kappa shape index (κ2) is 11.4. The number of thiophene rings is 1. The van der Waals surface area contributed by atoms with E-state index >= 15 is 0 Å². The first kappa shape index (κ1) is 25.8. The Hall–Kier alpha value is -3.44. The molecule has 1 aliphatic carbocycles. The molecule has 10 nitrogen and oxygen atoms in total. The Morgan fingerprint density at radius 2 is 1.87 bits per heavy atom. The van der Waals surface area contributed by atoms with Crippen LogP contribution >= 0.6 is 11.3 Å². The summed E-state index contributed by atoms with van der Waals surface area (Å²) in [5, 5.41) is 3.54. The zero-order valence-electron chi connectivity index (χ0n) is 21.9. The number of benzene rings is 1. The van der Waals surface area contributed by atoms with Crippen LogP contribution in [0, 0.1) is 0 Å². The molecule has 3 aliphatic rings. The standard InChI is InChI=1S/C28H33N5O5S/c34-24(16-33-17-30-27-26(28(33)36)20-4-1-2-5-23(20)39-27)29-9-3-6-25(35)32-12-10-31(11-13-32)15-19-7-8-21-22(14-19)38-18-37-21/h7-8,14,17H,1-6,9-13,15-16,18H2,(H,29,34). The predicted octanol–water partition coefficient (Wildman–Crippen LogP) is 2.31. The normalized spacial score (nSPS) is 16.9. The fourth-order valence-electron chi connectivity index (χ4n) is 5.58. The van der Waals surface area contributed by atoms with E-state index in [2.05, 4.69) is 21.3 Å². The van der Waals surface area contributed by atoms with E-state index in [1.54, 1.807) is 11.3 Å². The predicted molar refractivity (Wildman–Crippen MR) is 147 cm³/mol. The Bertz CT molecular complexity index is 1440. The van der Waals surface area contributed by atoms with Crippen molar-refractivity contribution < 1.29 is 19.1 Å². The monoisotopic (exact) mass is 551 g/mol. The van der Waals surface area contributed by atoms with Gasteiger partial charge in [0.05, 0.1) is 11.7 Å². The van der Waals surface area contributed by atoms with Gasteiger partial charge in [-0.15, -0.1) is 11.3 Å². The van der Waals surface area contributed by atoms with Gasteiger partial charge in [0, 0.05) is 50.6 Å². The van der Waals surface area contributed by atoms with Gasteiger partial charge in [-0.2, -0.15) is 0 Å². The van der Waals surface area contributed by atoms with Crippen LogP contribution < -0.4 is 20.3 Å². The van der Waals surface area contributed by atoms with Crippen LogP contribution in [0.4, 0.5) is 0 Å². The second-order valence-electron chi connectivity index (χ2n) is 10.4. The number of aryl methyl sites for hydroxylation is 2. The van der Waals surface area contributed by atoms with Crippen LogP contribution in [0.1, 0.15) is 41.7 Å². The van der Waals surface area contributed by atoms with E-state index in [1.807, 2.05) is 17.0 Å². The minimum atomic E-state index is -0.244. The molecular weight excluding hydrogens is 518 g/mol. The molecule has 39 heavy (non-hydrogen) atoms. The van der Waals surface area contributed by atoms with E-state index in [0.717, 1.165) is 67.2 Å². The highest BCUT2D eigenvalue weighted by Gasteiger charge is 2.23. The summed E-state index contributed by atoms with van der Waals surface area (Å²) in [6.45, 7) is 4.44. The molecule has 2 amide bonds. The molecule has 0 saturated carbocycles. The van der Waals surface area contributed by atoms with Crippen LogP contribution in [0.2, 0.25) is 0 Å². The summed E-state index contributed by atoms with van der Waals surface area (Å²) < 4.78 is 12.2. The summed E-state index contributed by atoms with van der Waals surface area (Å²) in [4.78, 5) is 49.0. The van der Waals surface area contributed by atoms with Crippen molar-refractivity contribution in [2.45, 2.75) is 51.6 Å². The summed E-state index contributed by atoms with van der Waals surface area (Å²) in [6.07, 6.45) is 6.57. The lowest BCUT2D eigenvalue weighted by Gasteiger charge is -2.34. The number of hydrogen-bond donors (Lipinski definition) is 1. The Morgan fingerprint density at radius 3 is 2.74 bits per heavy atom. The first-order valence-corrected chi connectivity index (χ1v) is 14.5. The summed E-state index contributed by atoms with van der Waals surface area (Å²) in [5.41, 5.74) is 2.16. The molecule has 0 atom stereocenters. The van der Waals surface area contributed by atoms with E-state index in [9.17, 15) is 14.4 Å². The van der Waals surface area contributed by atoms with Crippen LogP contribution in [0.5, 0.6) is 11.5 Å². The summed E-state index contributed by atoms with van der Waals surface area (Å²) >= 11 is 1.60. The van der Waals surface area contributed by atoms with Crippen molar-refractivity contribution in [3.63, 3.8) is 0 Å². The van der Waals surface area contributed by atoms with Gasteiger partial charge in [0.25, 0.3) is 5.56 Å². The number of carbonyl (C=O) groups excluding carboxylic acids is 2. The number of fused-ring (bicyclic) bond motifs is 4. The highest BCUT2D eigenvalue weighted by molar-refractivity contribution is 7.18. The third kappa shape index (κ3) is 5.65.